The number of aromatic nitrogens is 1. The summed E-state index contributed by atoms with van der Waals surface area (Å²) in [6.07, 6.45) is 0.779. The summed E-state index contributed by atoms with van der Waals surface area (Å²) in [7, 11) is -3.84. The molecule has 1 amide bonds. The number of hydrogen-bond donors (Lipinski definition) is 1. The molecule has 11 heteroatoms. The zero-order chi connectivity index (χ0) is 20.5. The number of non-ortho nitro benzene ring substituents is 1. The summed E-state index contributed by atoms with van der Waals surface area (Å²) in [6, 6.07) is 9.69. The third kappa shape index (κ3) is 4.01. The van der Waals surface area contributed by atoms with Gasteiger partial charge >= 0.3 is 0 Å². The van der Waals surface area contributed by atoms with Crippen LogP contribution in [0.25, 0.3) is 10.2 Å². The number of thiazole rings is 1. The number of hydrogen-bond acceptors (Lipinski definition) is 6. The molecule has 1 aromatic heterocycles. The van der Waals surface area contributed by atoms with E-state index in [9.17, 15) is 23.3 Å². The van der Waals surface area contributed by atoms with Gasteiger partial charge in [-0.15, -0.1) is 0 Å². The minimum atomic E-state index is -3.84. The standard InChI is InChI=1S/C17H16N4O5S2/c1-2-9-20-14-8-7-13(28(18,25)26)10-15(14)27-17(20)19-16(22)11-3-5-12(6-4-11)21(23)24/h3-8,10H,2,9H2,1H3,(H2,18,25,26). The monoisotopic (exact) mass is 420 g/mol. The van der Waals surface area contributed by atoms with Crippen LogP contribution in [0.2, 0.25) is 0 Å². The van der Waals surface area contributed by atoms with Gasteiger partial charge in [0.1, 0.15) is 0 Å². The van der Waals surface area contributed by atoms with E-state index in [2.05, 4.69) is 4.99 Å². The summed E-state index contributed by atoms with van der Waals surface area (Å²) < 4.78 is 25.6. The van der Waals surface area contributed by atoms with E-state index in [1.54, 1.807) is 6.07 Å². The second-order valence-corrected chi connectivity index (χ2v) is 8.50. The highest BCUT2D eigenvalue weighted by atomic mass is 32.2. The van der Waals surface area contributed by atoms with E-state index in [0.717, 1.165) is 11.9 Å². The molecule has 0 unspecified atom stereocenters. The fourth-order valence-corrected chi connectivity index (χ4v) is 4.34. The summed E-state index contributed by atoms with van der Waals surface area (Å²) >= 11 is 1.17. The molecule has 0 aliphatic carbocycles. The van der Waals surface area contributed by atoms with Crippen LogP contribution in [0.3, 0.4) is 0 Å². The zero-order valence-electron chi connectivity index (χ0n) is 14.7. The lowest BCUT2D eigenvalue weighted by Gasteiger charge is -2.03. The molecule has 0 spiro atoms. The average molecular weight is 420 g/mol. The van der Waals surface area contributed by atoms with Crippen molar-refractivity contribution in [1.82, 2.24) is 4.57 Å². The molecule has 146 valence electrons. The molecule has 2 N–H and O–H groups in total. The van der Waals surface area contributed by atoms with E-state index in [1.807, 2.05) is 11.5 Å². The maximum Gasteiger partial charge on any atom is 0.279 e. The van der Waals surface area contributed by atoms with Crippen LogP contribution in [-0.4, -0.2) is 23.8 Å². The Morgan fingerprint density at radius 2 is 1.93 bits per heavy atom. The Kier molecular flexibility index (Phi) is 5.40. The third-order valence-corrected chi connectivity index (χ3v) is 5.90. The largest absolute Gasteiger partial charge is 0.316 e. The molecule has 0 fully saturated rings. The topological polar surface area (TPSA) is 138 Å². The van der Waals surface area contributed by atoms with Gasteiger partial charge < -0.3 is 4.57 Å². The predicted molar refractivity (Wildman–Crippen MR) is 104 cm³/mol. The number of carbonyl (C=O) groups excluding carboxylic acids is 1. The quantitative estimate of drug-likeness (QED) is 0.499. The van der Waals surface area contributed by atoms with Gasteiger partial charge in [0.25, 0.3) is 11.6 Å². The summed E-state index contributed by atoms with van der Waals surface area (Å²) in [5.41, 5.74) is 0.848. The molecule has 28 heavy (non-hydrogen) atoms. The van der Waals surface area contributed by atoms with E-state index in [0.29, 0.717) is 16.0 Å². The molecule has 3 rings (SSSR count). The Morgan fingerprint density at radius 3 is 2.50 bits per heavy atom. The number of nitrogens with two attached hydrogens (primary N) is 1. The van der Waals surface area contributed by atoms with Gasteiger partial charge in [-0.25, -0.2) is 13.6 Å². The molecule has 1 heterocycles. The first-order valence-corrected chi connectivity index (χ1v) is 10.6. The number of sulfonamides is 1. The van der Waals surface area contributed by atoms with Crippen LogP contribution < -0.4 is 9.94 Å². The number of fused-ring (bicyclic) bond motifs is 1. The number of nitrogens with zero attached hydrogens (tertiary/aromatic N) is 3. The lowest BCUT2D eigenvalue weighted by atomic mass is 10.2. The highest BCUT2D eigenvalue weighted by Gasteiger charge is 2.14. The first kappa shape index (κ1) is 19.9. The van der Waals surface area contributed by atoms with Crippen LogP contribution >= 0.6 is 11.3 Å². The normalized spacial score (nSPS) is 12.4. The Bertz CT molecular complexity index is 1240. The Balaban J connectivity index is 2.10. The van der Waals surface area contributed by atoms with Crippen molar-refractivity contribution in [2.24, 2.45) is 10.1 Å². The fraction of sp³-hybridized carbons (Fsp3) is 0.176. The molecule has 9 nitrogen and oxygen atoms in total. The molecular formula is C17H16N4O5S2. The van der Waals surface area contributed by atoms with Crippen molar-refractivity contribution in [3.8, 4) is 0 Å². The lowest BCUT2D eigenvalue weighted by molar-refractivity contribution is -0.384. The molecule has 0 bridgehead atoms. The molecule has 0 aliphatic heterocycles. The molecular weight excluding hydrogens is 404 g/mol. The SMILES string of the molecule is CCCn1c(=NC(=O)c2ccc([N+](=O)[O-])cc2)sc2cc(S(N)(=O)=O)ccc21. The Morgan fingerprint density at radius 1 is 1.25 bits per heavy atom. The van der Waals surface area contributed by atoms with E-state index in [-0.39, 0.29) is 16.1 Å². The molecule has 0 aliphatic rings. The maximum absolute atomic E-state index is 12.5. The van der Waals surface area contributed by atoms with Gasteiger partial charge in [0, 0.05) is 24.2 Å². The number of carbonyl (C=O) groups is 1. The average Bonchev–Trinajstić information content (AvgIpc) is 2.98. The van der Waals surface area contributed by atoms with Crippen LogP contribution in [0.4, 0.5) is 5.69 Å². The Labute approximate surface area is 164 Å². The summed E-state index contributed by atoms with van der Waals surface area (Å²) in [4.78, 5) is 27.2. The summed E-state index contributed by atoms with van der Waals surface area (Å²) in [5.74, 6) is -0.544. The highest BCUT2D eigenvalue weighted by molar-refractivity contribution is 7.89. The Hall–Kier alpha value is -2.89. The van der Waals surface area contributed by atoms with Crippen molar-refractivity contribution in [3.05, 3.63) is 62.9 Å². The van der Waals surface area contributed by atoms with Crippen LogP contribution in [0.5, 0.6) is 0 Å². The van der Waals surface area contributed by atoms with Gasteiger partial charge in [-0.05, 0) is 36.8 Å². The third-order valence-electron chi connectivity index (χ3n) is 3.95. The zero-order valence-corrected chi connectivity index (χ0v) is 16.4. The van der Waals surface area contributed by atoms with Crippen molar-refractivity contribution >= 4 is 43.2 Å². The van der Waals surface area contributed by atoms with Gasteiger partial charge in [0.05, 0.1) is 20.0 Å². The van der Waals surface area contributed by atoms with Crippen LogP contribution in [-0.2, 0) is 16.6 Å². The van der Waals surface area contributed by atoms with Crippen LogP contribution in [0, 0.1) is 10.1 Å². The molecule has 0 saturated heterocycles. The maximum atomic E-state index is 12.5. The molecule has 0 radical (unpaired) electrons. The number of nitro groups is 1. The minimum Gasteiger partial charge on any atom is -0.316 e. The van der Waals surface area contributed by atoms with Gasteiger partial charge in [0.15, 0.2) is 4.80 Å². The van der Waals surface area contributed by atoms with Gasteiger partial charge in [-0.3, -0.25) is 14.9 Å². The number of primary sulfonamides is 1. The van der Waals surface area contributed by atoms with E-state index >= 15 is 0 Å². The smallest absolute Gasteiger partial charge is 0.279 e. The molecule has 0 saturated carbocycles. The van der Waals surface area contributed by atoms with Gasteiger partial charge in [-0.1, -0.05) is 18.3 Å². The number of benzene rings is 2. The number of nitro benzene ring substituents is 1. The first-order valence-electron chi connectivity index (χ1n) is 8.20. The van der Waals surface area contributed by atoms with Gasteiger partial charge in [0.2, 0.25) is 10.0 Å². The minimum absolute atomic E-state index is 0.0156. The number of amides is 1. The predicted octanol–water partition coefficient (Wildman–Crippen LogP) is 2.41. The van der Waals surface area contributed by atoms with E-state index in [1.165, 1.54) is 47.7 Å². The summed E-state index contributed by atoms with van der Waals surface area (Å²) in [5, 5.41) is 15.9. The van der Waals surface area contributed by atoms with E-state index in [4.69, 9.17) is 5.14 Å². The van der Waals surface area contributed by atoms with Crippen molar-refractivity contribution in [2.75, 3.05) is 0 Å². The van der Waals surface area contributed by atoms with Crippen LogP contribution in [0.15, 0.2) is 52.4 Å². The van der Waals surface area contributed by atoms with E-state index < -0.39 is 20.9 Å². The number of rotatable bonds is 5. The van der Waals surface area contributed by atoms with Crippen LogP contribution in [0.1, 0.15) is 23.7 Å². The van der Waals surface area contributed by atoms with Crippen molar-refractivity contribution in [2.45, 2.75) is 24.8 Å². The fourth-order valence-electron chi connectivity index (χ4n) is 2.63. The number of aryl methyl sites for hydroxylation is 1. The van der Waals surface area contributed by atoms with Crippen molar-refractivity contribution in [1.29, 1.82) is 0 Å². The van der Waals surface area contributed by atoms with Crippen molar-refractivity contribution in [3.63, 3.8) is 0 Å². The van der Waals surface area contributed by atoms with Crippen molar-refractivity contribution < 1.29 is 18.1 Å². The first-order chi connectivity index (χ1) is 13.2. The second kappa shape index (κ2) is 7.62. The molecule has 0 atom stereocenters. The lowest BCUT2D eigenvalue weighted by Crippen LogP contribution is -2.17. The highest BCUT2D eigenvalue weighted by Crippen LogP contribution is 2.22. The summed E-state index contributed by atoms with van der Waals surface area (Å²) in [6.45, 7) is 2.55. The molecule has 2 aromatic carbocycles. The van der Waals surface area contributed by atoms with Gasteiger partial charge in [-0.2, -0.15) is 4.99 Å². The second-order valence-electron chi connectivity index (χ2n) is 5.93. The molecule has 3 aromatic rings.